The molecule has 7 heteroatoms. The molecular weight excluding hydrogens is 341 g/mol. The molecular formula is C17H24ClF3N2O. The van der Waals surface area contributed by atoms with E-state index in [-0.39, 0.29) is 24.4 Å². The summed E-state index contributed by atoms with van der Waals surface area (Å²) in [5, 5.41) is 6.15. The van der Waals surface area contributed by atoms with Gasteiger partial charge in [-0.3, -0.25) is 4.79 Å². The van der Waals surface area contributed by atoms with E-state index in [2.05, 4.69) is 10.6 Å². The highest BCUT2D eigenvalue weighted by Gasteiger charge is 2.30. The smallest absolute Gasteiger partial charge is 0.350 e. The monoisotopic (exact) mass is 364 g/mol. The van der Waals surface area contributed by atoms with E-state index in [1.165, 1.54) is 12.1 Å². The van der Waals surface area contributed by atoms with E-state index in [1.807, 2.05) is 0 Å². The Bertz CT molecular complexity index is 514. The molecule has 1 aromatic rings. The van der Waals surface area contributed by atoms with Crippen molar-refractivity contribution in [3.05, 3.63) is 35.4 Å². The Morgan fingerprint density at radius 1 is 1.25 bits per heavy atom. The number of carbonyl (C=O) groups is 1. The molecule has 1 aromatic carbocycles. The second-order valence-electron chi connectivity index (χ2n) is 6.14. The van der Waals surface area contributed by atoms with Gasteiger partial charge in [0.2, 0.25) is 5.91 Å². The normalized spacial score (nSPS) is 17.0. The summed E-state index contributed by atoms with van der Waals surface area (Å²) in [6.45, 7) is 3.80. The van der Waals surface area contributed by atoms with Gasteiger partial charge < -0.3 is 10.6 Å². The molecule has 2 rings (SSSR count). The number of carbonyl (C=O) groups excluding carboxylic acids is 1. The SMILES string of the molecule is CC(NC(=O)CCC1CCNCC1)c1ccc(C(F)(F)F)cc1.Cl. The van der Waals surface area contributed by atoms with E-state index >= 15 is 0 Å². The van der Waals surface area contributed by atoms with Crippen LogP contribution in [0.2, 0.25) is 0 Å². The Labute approximate surface area is 146 Å². The maximum absolute atomic E-state index is 12.5. The lowest BCUT2D eigenvalue weighted by molar-refractivity contribution is -0.137. The van der Waals surface area contributed by atoms with Crippen LogP contribution in [0.4, 0.5) is 13.2 Å². The van der Waals surface area contributed by atoms with E-state index in [1.54, 1.807) is 6.92 Å². The van der Waals surface area contributed by atoms with Crippen molar-refractivity contribution in [1.82, 2.24) is 10.6 Å². The Kier molecular flexibility index (Phi) is 8.03. The van der Waals surface area contributed by atoms with Crippen LogP contribution in [0, 0.1) is 5.92 Å². The van der Waals surface area contributed by atoms with Gasteiger partial charge in [0.1, 0.15) is 0 Å². The van der Waals surface area contributed by atoms with Crippen molar-refractivity contribution in [1.29, 1.82) is 0 Å². The van der Waals surface area contributed by atoms with Gasteiger partial charge in [0.05, 0.1) is 11.6 Å². The van der Waals surface area contributed by atoms with Crippen molar-refractivity contribution in [2.75, 3.05) is 13.1 Å². The average molecular weight is 365 g/mol. The molecule has 136 valence electrons. The van der Waals surface area contributed by atoms with Crippen molar-refractivity contribution in [2.45, 2.75) is 44.8 Å². The molecule has 1 atom stereocenters. The summed E-state index contributed by atoms with van der Waals surface area (Å²) in [4.78, 5) is 12.0. The van der Waals surface area contributed by atoms with Gasteiger partial charge in [-0.15, -0.1) is 12.4 Å². The molecule has 1 fully saturated rings. The van der Waals surface area contributed by atoms with E-state index in [0.717, 1.165) is 44.5 Å². The van der Waals surface area contributed by atoms with Crippen molar-refractivity contribution in [2.24, 2.45) is 5.92 Å². The summed E-state index contributed by atoms with van der Waals surface area (Å²) < 4.78 is 37.6. The number of piperidine rings is 1. The molecule has 24 heavy (non-hydrogen) atoms. The molecule has 1 amide bonds. The third-order valence-electron chi connectivity index (χ3n) is 4.35. The van der Waals surface area contributed by atoms with Gasteiger partial charge in [0.15, 0.2) is 0 Å². The highest BCUT2D eigenvalue weighted by Crippen LogP contribution is 2.29. The van der Waals surface area contributed by atoms with Gasteiger partial charge in [0.25, 0.3) is 0 Å². The number of amides is 1. The van der Waals surface area contributed by atoms with Gasteiger partial charge in [-0.2, -0.15) is 13.2 Å². The fraction of sp³-hybridized carbons (Fsp3) is 0.588. The molecule has 0 spiro atoms. The third-order valence-corrected chi connectivity index (χ3v) is 4.35. The predicted octanol–water partition coefficient (Wildman–Crippen LogP) is 4.08. The number of benzene rings is 1. The standard InChI is InChI=1S/C17H23F3N2O.ClH/c1-12(14-3-5-15(6-4-14)17(18,19)20)22-16(23)7-2-13-8-10-21-11-9-13;/h3-6,12-13,21H,2,7-11H2,1H3,(H,22,23);1H. The van der Waals surface area contributed by atoms with E-state index in [9.17, 15) is 18.0 Å². The Hall–Kier alpha value is -1.27. The van der Waals surface area contributed by atoms with Gasteiger partial charge in [0, 0.05) is 6.42 Å². The quantitative estimate of drug-likeness (QED) is 0.826. The largest absolute Gasteiger partial charge is 0.416 e. The first-order valence-electron chi connectivity index (χ1n) is 8.03. The molecule has 1 saturated heterocycles. The lowest BCUT2D eigenvalue weighted by Gasteiger charge is -2.22. The Balaban J connectivity index is 0.00000288. The maximum atomic E-state index is 12.5. The lowest BCUT2D eigenvalue weighted by Crippen LogP contribution is -2.30. The van der Waals surface area contributed by atoms with E-state index < -0.39 is 11.7 Å². The van der Waals surface area contributed by atoms with Gasteiger partial charge >= 0.3 is 6.18 Å². The summed E-state index contributed by atoms with van der Waals surface area (Å²) in [5.74, 6) is 0.541. The van der Waals surface area contributed by atoms with Crippen LogP contribution in [0.1, 0.15) is 49.8 Å². The topological polar surface area (TPSA) is 41.1 Å². The molecule has 2 N–H and O–H groups in total. The molecule has 1 heterocycles. The van der Waals surface area contributed by atoms with Crippen LogP contribution in [-0.4, -0.2) is 19.0 Å². The zero-order valence-corrected chi connectivity index (χ0v) is 14.5. The molecule has 1 aliphatic rings. The fourth-order valence-electron chi connectivity index (χ4n) is 2.86. The fourth-order valence-corrected chi connectivity index (χ4v) is 2.86. The lowest BCUT2D eigenvalue weighted by atomic mass is 9.93. The number of alkyl halides is 3. The number of hydrogen-bond acceptors (Lipinski definition) is 2. The first-order valence-corrected chi connectivity index (χ1v) is 8.03. The second-order valence-corrected chi connectivity index (χ2v) is 6.14. The number of rotatable bonds is 5. The first kappa shape index (κ1) is 20.8. The van der Waals surface area contributed by atoms with E-state index in [0.29, 0.717) is 17.9 Å². The van der Waals surface area contributed by atoms with Crippen molar-refractivity contribution in [3.8, 4) is 0 Å². The summed E-state index contributed by atoms with van der Waals surface area (Å²) in [7, 11) is 0. The summed E-state index contributed by atoms with van der Waals surface area (Å²) >= 11 is 0. The molecule has 0 aliphatic carbocycles. The minimum Gasteiger partial charge on any atom is -0.350 e. The zero-order chi connectivity index (χ0) is 16.9. The van der Waals surface area contributed by atoms with Crippen LogP contribution in [0.25, 0.3) is 0 Å². The van der Waals surface area contributed by atoms with Gasteiger partial charge in [-0.25, -0.2) is 0 Å². The van der Waals surface area contributed by atoms with Gasteiger partial charge in [-0.05, 0) is 62.9 Å². The molecule has 1 unspecified atom stereocenters. The second kappa shape index (κ2) is 9.28. The van der Waals surface area contributed by atoms with Crippen LogP contribution in [0.3, 0.4) is 0 Å². The molecule has 0 radical (unpaired) electrons. The summed E-state index contributed by atoms with van der Waals surface area (Å²) in [6, 6.07) is 4.64. The molecule has 0 aromatic heterocycles. The minimum absolute atomic E-state index is 0. The van der Waals surface area contributed by atoms with Crippen molar-refractivity contribution >= 4 is 18.3 Å². The predicted molar refractivity (Wildman–Crippen MR) is 90.1 cm³/mol. The van der Waals surface area contributed by atoms with Crippen molar-refractivity contribution in [3.63, 3.8) is 0 Å². The van der Waals surface area contributed by atoms with Crippen LogP contribution in [0.5, 0.6) is 0 Å². The number of nitrogens with one attached hydrogen (secondary N) is 2. The number of halogens is 4. The summed E-state index contributed by atoms with van der Waals surface area (Å²) in [5.41, 5.74) is -0.00102. The Morgan fingerprint density at radius 3 is 2.38 bits per heavy atom. The molecule has 0 bridgehead atoms. The van der Waals surface area contributed by atoms with Crippen LogP contribution in [0.15, 0.2) is 24.3 Å². The Morgan fingerprint density at radius 2 is 1.83 bits per heavy atom. The molecule has 1 aliphatic heterocycles. The van der Waals surface area contributed by atoms with Crippen molar-refractivity contribution < 1.29 is 18.0 Å². The van der Waals surface area contributed by atoms with E-state index in [4.69, 9.17) is 0 Å². The minimum atomic E-state index is -4.33. The average Bonchev–Trinajstić information content (AvgIpc) is 2.53. The van der Waals surface area contributed by atoms with Gasteiger partial charge in [-0.1, -0.05) is 12.1 Å². The van der Waals surface area contributed by atoms with Crippen LogP contribution in [-0.2, 0) is 11.0 Å². The third kappa shape index (κ3) is 6.32. The molecule has 0 saturated carbocycles. The van der Waals surface area contributed by atoms with Crippen LogP contribution < -0.4 is 10.6 Å². The highest BCUT2D eigenvalue weighted by molar-refractivity contribution is 5.85. The zero-order valence-electron chi connectivity index (χ0n) is 13.7. The molecule has 3 nitrogen and oxygen atoms in total. The highest BCUT2D eigenvalue weighted by atomic mass is 35.5. The number of hydrogen-bond donors (Lipinski definition) is 2. The maximum Gasteiger partial charge on any atom is 0.416 e. The first-order chi connectivity index (χ1) is 10.9. The van der Waals surface area contributed by atoms with Crippen LogP contribution >= 0.6 is 12.4 Å². The summed E-state index contributed by atoms with van der Waals surface area (Å²) in [6.07, 6.45) is -0.799.